The molecule has 3 nitrogen and oxygen atoms in total. The summed E-state index contributed by atoms with van der Waals surface area (Å²) in [5, 5.41) is 3.24. The molecule has 0 aliphatic carbocycles. The summed E-state index contributed by atoms with van der Waals surface area (Å²) in [6.45, 7) is 8.33. The number of hydrogen-bond donors (Lipinski definition) is 1. The van der Waals surface area contributed by atoms with Crippen LogP contribution in [0.5, 0.6) is 0 Å². The van der Waals surface area contributed by atoms with E-state index in [-0.39, 0.29) is 12.0 Å². The van der Waals surface area contributed by atoms with Crippen molar-refractivity contribution in [3.05, 3.63) is 46.5 Å². The summed E-state index contributed by atoms with van der Waals surface area (Å²) >= 11 is 3.43. The number of nitrogens with one attached hydrogen (secondary N) is 1. The molecule has 1 unspecified atom stereocenters. The maximum atomic E-state index is 11.4. The van der Waals surface area contributed by atoms with Gasteiger partial charge in [0.15, 0.2) is 0 Å². The molecule has 0 heterocycles. The third kappa shape index (κ3) is 4.63. The van der Waals surface area contributed by atoms with Gasteiger partial charge in [-0.05, 0) is 31.5 Å². The molecular weight excluding hydrogens is 294 g/mol. The third-order valence-corrected chi connectivity index (χ3v) is 3.03. The Balaban J connectivity index is 2.48. The molecule has 1 aromatic rings. The van der Waals surface area contributed by atoms with Crippen LogP contribution in [0, 0.1) is 0 Å². The second kappa shape index (κ2) is 7.34. The molecule has 0 aromatic heterocycles. The van der Waals surface area contributed by atoms with Gasteiger partial charge in [-0.3, -0.25) is 0 Å². The minimum Gasteiger partial charge on any atom is -0.463 e. The zero-order valence-electron chi connectivity index (χ0n) is 10.7. The van der Waals surface area contributed by atoms with Crippen LogP contribution in [0.1, 0.15) is 25.5 Å². The molecule has 1 atom stereocenters. The van der Waals surface area contributed by atoms with E-state index in [0.29, 0.717) is 18.7 Å². The Bertz CT molecular complexity index is 432. The zero-order chi connectivity index (χ0) is 13.5. The van der Waals surface area contributed by atoms with Crippen molar-refractivity contribution in [1.29, 1.82) is 0 Å². The predicted molar refractivity (Wildman–Crippen MR) is 76.3 cm³/mol. The van der Waals surface area contributed by atoms with Crippen LogP contribution in [-0.4, -0.2) is 19.1 Å². The topological polar surface area (TPSA) is 38.3 Å². The van der Waals surface area contributed by atoms with Gasteiger partial charge in [-0.1, -0.05) is 34.6 Å². The molecule has 0 amide bonds. The lowest BCUT2D eigenvalue weighted by atomic mass is 10.1. The average Bonchev–Trinajstić information content (AvgIpc) is 2.35. The molecule has 1 rings (SSSR count). The second-order valence-electron chi connectivity index (χ2n) is 3.98. The maximum Gasteiger partial charge on any atom is 0.334 e. The summed E-state index contributed by atoms with van der Waals surface area (Å²) in [6.07, 6.45) is 0. The lowest BCUT2D eigenvalue weighted by Crippen LogP contribution is -2.24. The van der Waals surface area contributed by atoms with Crippen molar-refractivity contribution in [3.63, 3.8) is 0 Å². The van der Waals surface area contributed by atoms with Gasteiger partial charge in [-0.2, -0.15) is 0 Å². The number of carbonyl (C=O) groups is 1. The lowest BCUT2D eigenvalue weighted by Gasteiger charge is -2.15. The predicted octanol–water partition coefficient (Wildman–Crippen LogP) is 3.22. The van der Waals surface area contributed by atoms with Crippen LogP contribution in [0.3, 0.4) is 0 Å². The van der Waals surface area contributed by atoms with Crippen molar-refractivity contribution in [1.82, 2.24) is 5.32 Å². The molecule has 0 aliphatic heterocycles. The highest BCUT2D eigenvalue weighted by molar-refractivity contribution is 9.10. The van der Waals surface area contributed by atoms with Gasteiger partial charge < -0.3 is 10.1 Å². The molecule has 18 heavy (non-hydrogen) atoms. The number of ether oxygens (including phenoxy) is 1. The van der Waals surface area contributed by atoms with Crippen molar-refractivity contribution in [3.8, 4) is 0 Å². The number of carbonyl (C=O) groups excluding carboxylic acids is 1. The number of esters is 1. The molecule has 1 N–H and O–H groups in total. The number of rotatable bonds is 6. The van der Waals surface area contributed by atoms with Crippen molar-refractivity contribution in [2.24, 2.45) is 0 Å². The normalized spacial score (nSPS) is 11.9. The lowest BCUT2D eigenvalue weighted by molar-refractivity contribution is -0.138. The summed E-state index contributed by atoms with van der Waals surface area (Å²) in [5.41, 5.74) is 1.60. The molecule has 0 saturated carbocycles. The first-order chi connectivity index (χ1) is 8.54. The maximum absolute atomic E-state index is 11.4. The molecule has 0 spiro atoms. The summed E-state index contributed by atoms with van der Waals surface area (Å²) < 4.78 is 5.91. The van der Waals surface area contributed by atoms with Crippen LogP contribution in [0.25, 0.3) is 0 Å². The standard InChI is InChI=1S/C14H18BrNO2/c1-4-18-14(17)10(2)9-16-11(3)12-6-5-7-13(15)8-12/h5-8,11,16H,2,4,9H2,1,3H3. The Labute approximate surface area is 116 Å². The monoisotopic (exact) mass is 311 g/mol. The summed E-state index contributed by atoms with van der Waals surface area (Å²) in [4.78, 5) is 11.4. The first kappa shape index (κ1) is 14.9. The van der Waals surface area contributed by atoms with Crippen LogP contribution in [0.15, 0.2) is 40.9 Å². The zero-order valence-corrected chi connectivity index (χ0v) is 12.3. The van der Waals surface area contributed by atoms with Gasteiger partial charge in [0.1, 0.15) is 0 Å². The van der Waals surface area contributed by atoms with Crippen LogP contribution in [0.2, 0.25) is 0 Å². The van der Waals surface area contributed by atoms with Gasteiger partial charge in [0.05, 0.1) is 6.61 Å². The van der Waals surface area contributed by atoms with Gasteiger partial charge in [0.2, 0.25) is 0 Å². The number of benzene rings is 1. The van der Waals surface area contributed by atoms with Crippen molar-refractivity contribution < 1.29 is 9.53 Å². The first-order valence-electron chi connectivity index (χ1n) is 5.88. The van der Waals surface area contributed by atoms with E-state index in [1.54, 1.807) is 6.92 Å². The van der Waals surface area contributed by atoms with Crippen molar-refractivity contribution in [2.45, 2.75) is 19.9 Å². The van der Waals surface area contributed by atoms with Gasteiger partial charge in [-0.15, -0.1) is 0 Å². The third-order valence-electron chi connectivity index (χ3n) is 2.53. The van der Waals surface area contributed by atoms with Crippen LogP contribution in [-0.2, 0) is 9.53 Å². The average molecular weight is 312 g/mol. The molecule has 98 valence electrons. The smallest absolute Gasteiger partial charge is 0.334 e. The van der Waals surface area contributed by atoms with E-state index in [1.807, 2.05) is 31.2 Å². The Morgan fingerprint density at radius 3 is 2.89 bits per heavy atom. The quantitative estimate of drug-likeness (QED) is 0.647. The highest BCUT2D eigenvalue weighted by Crippen LogP contribution is 2.17. The Hall–Kier alpha value is -1.13. The summed E-state index contributed by atoms with van der Waals surface area (Å²) in [6, 6.07) is 8.19. The van der Waals surface area contributed by atoms with E-state index < -0.39 is 0 Å². The van der Waals surface area contributed by atoms with Crippen LogP contribution in [0.4, 0.5) is 0 Å². The van der Waals surface area contributed by atoms with E-state index in [1.165, 1.54) is 0 Å². The Morgan fingerprint density at radius 1 is 1.56 bits per heavy atom. The fraction of sp³-hybridized carbons (Fsp3) is 0.357. The van der Waals surface area contributed by atoms with Gasteiger partial charge in [0, 0.05) is 22.6 Å². The second-order valence-corrected chi connectivity index (χ2v) is 4.90. The Kier molecular flexibility index (Phi) is 6.09. The molecular formula is C14H18BrNO2. The largest absolute Gasteiger partial charge is 0.463 e. The van der Waals surface area contributed by atoms with E-state index >= 15 is 0 Å². The molecule has 4 heteroatoms. The van der Waals surface area contributed by atoms with Gasteiger partial charge >= 0.3 is 5.97 Å². The highest BCUT2D eigenvalue weighted by atomic mass is 79.9. The number of hydrogen-bond acceptors (Lipinski definition) is 3. The minimum absolute atomic E-state index is 0.147. The molecule has 0 radical (unpaired) electrons. The molecule has 0 saturated heterocycles. The highest BCUT2D eigenvalue weighted by Gasteiger charge is 2.10. The fourth-order valence-corrected chi connectivity index (χ4v) is 1.89. The van der Waals surface area contributed by atoms with Crippen molar-refractivity contribution in [2.75, 3.05) is 13.2 Å². The van der Waals surface area contributed by atoms with E-state index in [4.69, 9.17) is 4.74 Å². The molecule has 0 bridgehead atoms. The van der Waals surface area contributed by atoms with E-state index in [9.17, 15) is 4.79 Å². The van der Waals surface area contributed by atoms with Crippen molar-refractivity contribution >= 4 is 21.9 Å². The summed E-state index contributed by atoms with van der Waals surface area (Å²) in [5.74, 6) is -0.341. The Morgan fingerprint density at radius 2 is 2.28 bits per heavy atom. The van der Waals surface area contributed by atoms with Gasteiger partial charge in [-0.25, -0.2) is 4.79 Å². The molecule has 0 aliphatic rings. The fourth-order valence-electron chi connectivity index (χ4n) is 1.48. The SMILES string of the molecule is C=C(CNC(C)c1cccc(Br)c1)C(=O)OCC. The summed E-state index contributed by atoms with van der Waals surface area (Å²) in [7, 11) is 0. The molecule has 0 fully saturated rings. The minimum atomic E-state index is -0.341. The van der Waals surface area contributed by atoms with E-state index in [0.717, 1.165) is 10.0 Å². The van der Waals surface area contributed by atoms with Crippen LogP contribution >= 0.6 is 15.9 Å². The van der Waals surface area contributed by atoms with Gasteiger partial charge in [0.25, 0.3) is 0 Å². The first-order valence-corrected chi connectivity index (χ1v) is 6.67. The number of halogens is 1. The molecule has 1 aromatic carbocycles. The van der Waals surface area contributed by atoms with E-state index in [2.05, 4.69) is 27.8 Å². The van der Waals surface area contributed by atoms with Crippen LogP contribution < -0.4 is 5.32 Å².